The molecule has 0 amide bonds. The number of nitrogens with zero attached hydrogens (tertiary/aromatic N) is 2. The molecule has 1 aliphatic heterocycles. The van der Waals surface area contributed by atoms with Gasteiger partial charge in [-0.15, -0.1) is 11.6 Å². The molecule has 0 saturated carbocycles. The van der Waals surface area contributed by atoms with Gasteiger partial charge in [-0.25, -0.2) is 0 Å². The Morgan fingerprint density at radius 2 is 2.31 bits per heavy atom. The summed E-state index contributed by atoms with van der Waals surface area (Å²) in [5, 5.41) is -0.628. The predicted molar refractivity (Wildman–Crippen MR) is 51.0 cm³/mol. The molecule has 0 N–H and O–H groups in total. The largest absolute Gasteiger partial charge is 0.292 e. The number of fused-ring (bicyclic) bond motifs is 1. The van der Waals surface area contributed by atoms with Crippen LogP contribution in [0.5, 0.6) is 0 Å². The van der Waals surface area contributed by atoms with E-state index in [2.05, 4.69) is 9.98 Å². The Morgan fingerprint density at radius 3 is 3.08 bits per heavy atom. The van der Waals surface area contributed by atoms with Crippen molar-refractivity contribution in [3.63, 3.8) is 0 Å². The summed E-state index contributed by atoms with van der Waals surface area (Å²) >= 11 is 5.84. The van der Waals surface area contributed by atoms with E-state index in [4.69, 9.17) is 11.6 Å². The van der Waals surface area contributed by atoms with Crippen LogP contribution in [0, 0.1) is 0 Å². The Labute approximate surface area is 80.5 Å². The van der Waals surface area contributed by atoms with Crippen molar-refractivity contribution in [1.29, 1.82) is 0 Å². The van der Waals surface area contributed by atoms with Gasteiger partial charge in [0, 0.05) is 18.1 Å². The Hall–Kier alpha value is -1.22. The average Bonchev–Trinajstić information content (AvgIpc) is 2.15. The maximum atomic E-state index is 11.6. The highest BCUT2D eigenvalue weighted by Crippen LogP contribution is 2.26. The van der Waals surface area contributed by atoms with E-state index in [1.54, 1.807) is 19.2 Å². The van der Waals surface area contributed by atoms with Crippen molar-refractivity contribution in [2.45, 2.75) is 12.3 Å². The normalized spacial score (nSPS) is 20.9. The van der Waals surface area contributed by atoms with Crippen LogP contribution >= 0.6 is 11.6 Å². The van der Waals surface area contributed by atoms with E-state index in [0.717, 1.165) is 0 Å². The third-order valence-electron chi connectivity index (χ3n) is 1.96. The molecule has 0 aromatic carbocycles. The lowest BCUT2D eigenvalue weighted by atomic mass is 10.0. The molecule has 2 heterocycles. The fraction of sp³-hybridized carbons (Fsp3) is 0.222. The van der Waals surface area contributed by atoms with Crippen molar-refractivity contribution in [1.82, 2.24) is 4.98 Å². The van der Waals surface area contributed by atoms with E-state index >= 15 is 0 Å². The second-order valence-corrected chi connectivity index (χ2v) is 3.31. The Kier molecular flexibility index (Phi) is 1.88. The van der Waals surface area contributed by atoms with Crippen LogP contribution in [0.3, 0.4) is 0 Å². The molecule has 0 bridgehead atoms. The molecule has 13 heavy (non-hydrogen) atoms. The van der Waals surface area contributed by atoms with Gasteiger partial charge in [-0.05, 0) is 13.0 Å². The highest BCUT2D eigenvalue weighted by Gasteiger charge is 2.26. The standard InChI is InChI=1S/C9H7ClN2O/c1-5-8(10)9(13)6-4-11-3-2-7(6)12-5/h2-4,8H,1H3. The molecule has 1 aromatic rings. The summed E-state index contributed by atoms with van der Waals surface area (Å²) in [4.78, 5) is 19.6. The SMILES string of the molecule is CC1=Nc2ccncc2C(=O)C1Cl. The van der Waals surface area contributed by atoms with E-state index < -0.39 is 5.38 Å². The minimum atomic E-state index is -0.628. The van der Waals surface area contributed by atoms with Gasteiger partial charge in [0.05, 0.1) is 11.3 Å². The number of hydrogen-bond donors (Lipinski definition) is 0. The summed E-state index contributed by atoms with van der Waals surface area (Å²) < 4.78 is 0. The van der Waals surface area contributed by atoms with E-state index in [1.165, 1.54) is 6.20 Å². The molecule has 1 atom stereocenters. The lowest BCUT2D eigenvalue weighted by Gasteiger charge is -2.15. The number of pyridine rings is 1. The van der Waals surface area contributed by atoms with Crippen molar-refractivity contribution >= 4 is 28.8 Å². The van der Waals surface area contributed by atoms with E-state index in [9.17, 15) is 4.79 Å². The van der Waals surface area contributed by atoms with Crippen LogP contribution < -0.4 is 0 Å². The van der Waals surface area contributed by atoms with E-state index in [0.29, 0.717) is 17.0 Å². The van der Waals surface area contributed by atoms with Crippen LogP contribution in [-0.2, 0) is 0 Å². The summed E-state index contributed by atoms with van der Waals surface area (Å²) in [6.45, 7) is 1.75. The summed E-state index contributed by atoms with van der Waals surface area (Å²) in [6.07, 6.45) is 3.11. The quantitative estimate of drug-likeness (QED) is 0.593. The highest BCUT2D eigenvalue weighted by molar-refractivity contribution is 6.46. The number of rotatable bonds is 0. The summed E-state index contributed by atoms with van der Waals surface area (Å²) in [6, 6.07) is 1.71. The summed E-state index contributed by atoms with van der Waals surface area (Å²) in [5.74, 6) is -0.114. The predicted octanol–water partition coefficient (Wildman–Crippen LogP) is 1.98. The van der Waals surface area contributed by atoms with E-state index in [1.807, 2.05) is 0 Å². The van der Waals surface area contributed by atoms with Gasteiger partial charge in [-0.3, -0.25) is 14.8 Å². The van der Waals surface area contributed by atoms with Crippen molar-refractivity contribution < 1.29 is 4.79 Å². The molecular weight excluding hydrogens is 188 g/mol. The molecule has 1 aliphatic rings. The van der Waals surface area contributed by atoms with Gasteiger partial charge < -0.3 is 0 Å². The third-order valence-corrected chi connectivity index (χ3v) is 2.47. The number of aliphatic imine (C=N–C) groups is 1. The number of Topliss-reactive ketones (excluding diaryl/α,β-unsaturated/α-hetero) is 1. The molecule has 1 aromatic heterocycles. The molecule has 0 radical (unpaired) electrons. The first-order valence-corrected chi connectivity index (χ1v) is 4.31. The van der Waals surface area contributed by atoms with Crippen molar-refractivity contribution in [3.8, 4) is 0 Å². The highest BCUT2D eigenvalue weighted by atomic mass is 35.5. The molecule has 1 unspecified atom stereocenters. The van der Waals surface area contributed by atoms with Gasteiger partial charge in [-0.2, -0.15) is 0 Å². The second kappa shape index (κ2) is 2.92. The minimum absolute atomic E-state index is 0.114. The summed E-state index contributed by atoms with van der Waals surface area (Å²) in [5.41, 5.74) is 1.81. The number of ketones is 1. The zero-order chi connectivity index (χ0) is 9.42. The average molecular weight is 195 g/mol. The lowest BCUT2D eigenvalue weighted by Crippen LogP contribution is -2.25. The smallest absolute Gasteiger partial charge is 0.190 e. The van der Waals surface area contributed by atoms with Crippen LogP contribution in [-0.4, -0.2) is 21.9 Å². The second-order valence-electron chi connectivity index (χ2n) is 2.87. The number of hydrogen-bond acceptors (Lipinski definition) is 3. The number of carbonyl (C=O) groups excluding carboxylic acids is 1. The molecule has 66 valence electrons. The Balaban J connectivity index is 2.63. The Bertz CT molecular complexity index is 400. The van der Waals surface area contributed by atoms with Crippen molar-refractivity contribution in [2.75, 3.05) is 0 Å². The molecule has 2 rings (SSSR count). The molecule has 0 aliphatic carbocycles. The fourth-order valence-corrected chi connectivity index (χ4v) is 1.41. The van der Waals surface area contributed by atoms with Gasteiger partial charge >= 0.3 is 0 Å². The zero-order valence-corrected chi connectivity index (χ0v) is 7.75. The van der Waals surface area contributed by atoms with Crippen LogP contribution in [0.15, 0.2) is 23.5 Å². The molecular formula is C9H7ClN2O. The number of halogens is 1. The topological polar surface area (TPSA) is 42.3 Å². The third kappa shape index (κ3) is 1.25. The van der Waals surface area contributed by atoms with Crippen LogP contribution in [0.25, 0.3) is 0 Å². The first-order chi connectivity index (χ1) is 6.20. The number of aromatic nitrogens is 1. The van der Waals surface area contributed by atoms with Crippen molar-refractivity contribution in [3.05, 3.63) is 24.0 Å². The Morgan fingerprint density at radius 1 is 1.54 bits per heavy atom. The van der Waals surface area contributed by atoms with Crippen LogP contribution in [0.2, 0.25) is 0 Å². The molecule has 0 fully saturated rings. The van der Waals surface area contributed by atoms with Gasteiger partial charge in [0.15, 0.2) is 5.78 Å². The molecule has 0 spiro atoms. The first kappa shape index (κ1) is 8.38. The fourth-order valence-electron chi connectivity index (χ4n) is 1.25. The molecule has 0 saturated heterocycles. The van der Waals surface area contributed by atoms with Gasteiger partial charge in [0.25, 0.3) is 0 Å². The first-order valence-electron chi connectivity index (χ1n) is 3.87. The number of alkyl halides is 1. The number of carbonyl (C=O) groups is 1. The van der Waals surface area contributed by atoms with Crippen LogP contribution in [0.4, 0.5) is 5.69 Å². The van der Waals surface area contributed by atoms with E-state index in [-0.39, 0.29) is 5.78 Å². The monoisotopic (exact) mass is 194 g/mol. The van der Waals surface area contributed by atoms with Crippen molar-refractivity contribution in [2.24, 2.45) is 4.99 Å². The molecule has 4 heteroatoms. The lowest BCUT2D eigenvalue weighted by molar-refractivity contribution is 0.100. The maximum absolute atomic E-state index is 11.6. The van der Waals surface area contributed by atoms with Gasteiger partial charge in [0.1, 0.15) is 5.38 Å². The maximum Gasteiger partial charge on any atom is 0.190 e. The van der Waals surface area contributed by atoms with Gasteiger partial charge in [0.2, 0.25) is 0 Å². The van der Waals surface area contributed by atoms with Gasteiger partial charge in [-0.1, -0.05) is 0 Å². The summed E-state index contributed by atoms with van der Waals surface area (Å²) in [7, 11) is 0. The van der Waals surface area contributed by atoms with Crippen LogP contribution in [0.1, 0.15) is 17.3 Å². The zero-order valence-electron chi connectivity index (χ0n) is 6.99. The minimum Gasteiger partial charge on any atom is -0.292 e. The molecule has 3 nitrogen and oxygen atoms in total.